The van der Waals surface area contributed by atoms with Gasteiger partial charge < -0.3 is 9.80 Å². The zero-order valence-electron chi connectivity index (χ0n) is 12.0. The Bertz CT molecular complexity index is 632. The topological polar surface area (TPSA) is 40.6 Å². The van der Waals surface area contributed by atoms with Gasteiger partial charge in [0.1, 0.15) is 6.04 Å². The van der Waals surface area contributed by atoms with Gasteiger partial charge in [-0.15, -0.1) is 11.8 Å². The summed E-state index contributed by atoms with van der Waals surface area (Å²) in [5.41, 5.74) is 2.25. The molecule has 1 aromatic carbocycles. The molecule has 0 saturated carbocycles. The Labute approximate surface area is 128 Å². The Kier molecular flexibility index (Phi) is 2.83. The number of amides is 2. The number of benzene rings is 1. The quantitative estimate of drug-likeness (QED) is 0.797. The molecule has 0 aromatic heterocycles. The summed E-state index contributed by atoms with van der Waals surface area (Å²) in [7, 11) is 0. The van der Waals surface area contributed by atoms with Crippen LogP contribution in [0.5, 0.6) is 0 Å². The lowest BCUT2D eigenvalue weighted by molar-refractivity contribution is -0.136. The molecule has 2 atom stereocenters. The molecule has 3 aliphatic rings. The standard InChI is InChI=1S/C16H18N2O2S/c1-16-8-6-14(19)18(16)13(10-21-16)15(20)17-9-7-11-4-2-3-5-12(11)17/h2-5,13H,6-10H2,1H3/t13-,16+/m0/s1. The van der Waals surface area contributed by atoms with Gasteiger partial charge in [-0.1, -0.05) is 18.2 Å². The maximum atomic E-state index is 13.0. The molecule has 5 heteroatoms. The van der Waals surface area contributed by atoms with Crippen LogP contribution in [0, 0.1) is 0 Å². The van der Waals surface area contributed by atoms with Crippen LogP contribution in [0.2, 0.25) is 0 Å². The van der Waals surface area contributed by atoms with E-state index in [9.17, 15) is 9.59 Å². The van der Waals surface area contributed by atoms with Crippen molar-refractivity contribution in [3.05, 3.63) is 29.8 Å². The third-order valence-corrected chi connectivity index (χ3v) is 6.39. The molecule has 1 aromatic rings. The van der Waals surface area contributed by atoms with Crippen molar-refractivity contribution in [3.8, 4) is 0 Å². The molecule has 110 valence electrons. The Balaban J connectivity index is 1.63. The van der Waals surface area contributed by atoms with Crippen LogP contribution in [0.15, 0.2) is 24.3 Å². The van der Waals surface area contributed by atoms with Gasteiger partial charge in [0.25, 0.3) is 5.91 Å². The second-order valence-corrected chi connectivity index (χ2v) is 7.64. The smallest absolute Gasteiger partial charge is 0.250 e. The maximum absolute atomic E-state index is 13.0. The number of para-hydroxylation sites is 1. The number of anilines is 1. The Morgan fingerprint density at radius 3 is 3.00 bits per heavy atom. The number of rotatable bonds is 1. The van der Waals surface area contributed by atoms with Gasteiger partial charge in [-0.05, 0) is 31.4 Å². The molecule has 0 N–H and O–H groups in total. The summed E-state index contributed by atoms with van der Waals surface area (Å²) >= 11 is 1.75. The van der Waals surface area contributed by atoms with E-state index in [1.54, 1.807) is 11.8 Å². The fourth-order valence-electron chi connectivity index (χ4n) is 3.75. The molecule has 0 unspecified atom stereocenters. The van der Waals surface area contributed by atoms with E-state index in [-0.39, 0.29) is 22.7 Å². The first-order chi connectivity index (χ1) is 10.1. The maximum Gasteiger partial charge on any atom is 0.250 e. The van der Waals surface area contributed by atoms with Gasteiger partial charge in [0, 0.05) is 24.4 Å². The van der Waals surface area contributed by atoms with Crippen LogP contribution < -0.4 is 4.90 Å². The average Bonchev–Trinajstić information content (AvgIpc) is 3.13. The molecule has 2 amide bonds. The van der Waals surface area contributed by atoms with Gasteiger partial charge in [-0.3, -0.25) is 9.59 Å². The monoisotopic (exact) mass is 302 g/mol. The van der Waals surface area contributed by atoms with E-state index in [1.165, 1.54) is 5.56 Å². The number of carbonyl (C=O) groups is 2. The first-order valence-electron chi connectivity index (χ1n) is 7.45. The highest BCUT2D eigenvalue weighted by Gasteiger charge is 2.53. The van der Waals surface area contributed by atoms with E-state index >= 15 is 0 Å². The highest BCUT2D eigenvalue weighted by Crippen LogP contribution is 2.48. The van der Waals surface area contributed by atoms with Gasteiger partial charge in [0.2, 0.25) is 5.91 Å². The van der Waals surface area contributed by atoms with Crippen molar-refractivity contribution in [3.63, 3.8) is 0 Å². The lowest BCUT2D eigenvalue weighted by atomic mass is 10.1. The van der Waals surface area contributed by atoms with Crippen LogP contribution in [0.4, 0.5) is 5.69 Å². The van der Waals surface area contributed by atoms with Crippen LogP contribution in [0.25, 0.3) is 0 Å². The SMILES string of the molecule is C[C@@]12CCC(=O)N1[C@H](C(=O)N1CCc3ccccc31)CS2. The zero-order valence-corrected chi connectivity index (χ0v) is 12.9. The Morgan fingerprint density at radius 1 is 1.33 bits per heavy atom. The van der Waals surface area contributed by atoms with Crippen molar-refractivity contribution in [2.45, 2.75) is 37.1 Å². The molecule has 4 nitrogen and oxygen atoms in total. The normalized spacial score (nSPS) is 30.7. The molecule has 0 radical (unpaired) electrons. The van der Waals surface area contributed by atoms with Gasteiger partial charge in [-0.25, -0.2) is 0 Å². The van der Waals surface area contributed by atoms with Crippen LogP contribution in [0.1, 0.15) is 25.3 Å². The number of fused-ring (bicyclic) bond motifs is 2. The summed E-state index contributed by atoms with van der Waals surface area (Å²) in [6.45, 7) is 2.83. The number of nitrogens with zero attached hydrogens (tertiary/aromatic N) is 2. The molecule has 2 saturated heterocycles. The van der Waals surface area contributed by atoms with Gasteiger partial charge >= 0.3 is 0 Å². The summed E-state index contributed by atoms with van der Waals surface area (Å²) in [5, 5.41) is 0. The minimum absolute atomic E-state index is 0.0893. The second-order valence-electron chi connectivity index (χ2n) is 6.13. The van der Waals surface area contributed by atoms with Crippen molar-refractivity contribution < 1.29 is 9.59 Å². The number of hydrogen-bond acceptors (Lipinski definition) is 3. The van der Waals surface area contributed by atoms with Crippen LogP contribution >= 0.6 is 11.8 Å². The summed E-state index contributed by atoms with van der Waals surface area (Å²) in [6, 6.07) is 7.78. The molecular formula is C16H18N2O2S. The fourth-order valence-corrected chi connectivity index (χ4v) is 5.17. The summed E-state index contributed by atoms with van der Waals surface area (Å²) in [4.78, 5) is 28.7. The van der Waals surface area contributed by atoms with Crippen molar-refractivity contribution in [2.24, 2.45) is 0 Å². The molecule has 2 fully saturated rings. The number of hydrogen-bond donors (Lipinski definition) is 0. The first-order valence-corrected chi connectivity index (χ1v) is 8.44. The molecule has 3 heterocycles. The highest BCUT2D eigenvalue weighted by molar-refractivity contribution is 8.01. The lowest BCUT2D eigenvalue weighted by Gasteiger charge is -2.32. The van der Waals surface area contributed by atoms with Gasteiger partial charge in [0.05, 0.1) is 4.87 Å². The lowest BCUT2D eigenvalue weighted by Crippen LogP contribution is -2.51. The number of carbonyl (C=O) groups excluding carboxylic acids is 2. The zero-order chi connectivity index (χ0) is 14.6. The minimum Gasteiger partial charge on any atom is -0.315 e. The Hall–Kier alpha value is -1.49. The molecule has 0 bridgehead atoms. The third kappa shape index (κ3) is 1.83. The minimum atomic E-state index is -0.291. The molecule has 21 heavy (non-hydrogen) atoms. The molecule has 0 spiro atoms. The van der Waals surface area contributed by atoms with Crippen LogP contribution in [0.3, 0.4) is 0 Å². The van der Waals surface area contributed by atoms with Crippen molar-refractivity contribution in [2.75, 3.05) is 17.2 Å². The summed E-state index contributed by atoms with van der Waals surface area (Å²) in [6.07, 6.45) is 2.34. The van der Waals surface area contributed by atoms with Crippen molar-refractivity contribution in [1.29, 1.82) is 0 Å². The van der Waals surface area contributed by atoms with E-state index in [0.717, 1.165) is 30.8 Å². The van der Waals surface area contributed by atoms with E-state index in [0.29, 0.717) is 6.42 Å². The molecule has 3 aliphatic heterocycles. The van der Waals surface area contributed by atoms with Crippen molar-refractivity contribution in [1.82, 2.24) is 4.90 Å². The second kappa shape index (κ2) is 4.50. The predicted molar refractivity (Wildman–Crippen MR) is 83.2 cm³/mol. The largest absolute Gasteiger partial charge is 0.315 e. The molecular weight excluding hydrogens is 284 g/mol. The fraction of sp³-hybridized carbons (Fsp3) is 0.500. The van der Waals surface area contributed by atoms with E-state index < -0.39 is 0 Å². The van der Waals surface area contributed by atoms with Crippen LogP contribution in [-0.2, 0) is 16.0 Å². The number of thioether (sulfide) groups is 1. The predicted octanol–water partition coefficient (Wildman–Crippen LogP) is 2.03. The van der Waals surface area contributed by atoms with Crippen molar-refractivity contribution >= 4 is 29.3 Å². The van der Waals surface area contributed by atoms with Gasteiger partial charge in [0.15, 0.2) is 0 Å². The highest BCUT2D eigenvalue weighted by atomic mass is 32.2. The summed E-state index contributed by atoms with van der Waals surface area (Å²) in [5.74, 6) is 0.944. The molecule has 4 rings (SSSR count). The van der Waals surface area contributed by atoms with E-state index in [2.05, 4.69) is 13.0 Å². The van der Waals surface area contributed by atoms with Crippen LogP contribution in [-0.4, -0.2) is 39.9 Å². The first kappa shape index (κ1) is 13.2. The third-order valence-electron chi connectivity index (χ3n) is 4.88. The average molecular weight is 302 g/mol. The van der Waals surface area contributed by atoms with Gasteiger partial charge in [-0.2, -0.15) is 0 Å². The Morgan fingerprint density at radius 2 is 2.14 bits per heavy atom. The summed E-state index contributed by atoms with van der Waals surface area (Å²) < 4.78 is 0. The van der Waals surface area contributed by atoms with E-state index in [1.807, 2.05) is 28.0 Å². The molecule has 0 aliphatic carbocycles. The van der Waals surface area contributed by atoms with E-state index in [4.69, 9.17) is 0 Å².